The number of amides is 3. The highest BCUT2D eigenvalue weighted by Crippen LogP contribution is 2.56. The van der Waals surface area contributed by atoms with Crippen molar-refractivity contribution < 1.29 is 24.2 Å². The van der Waals surface area contributed by atoms with Crippen LogP contribution in [0, 0.1) is 5.41 Å². The second-order valence-corrected chi connectivity index (χ2v) is 16.4. The summed E-state index contributed by atoms with van der Waals surface area (Å²) in [7, 11) is 1.64. The summed E-state index contributed by atoms with van der Waals surface area (Å²) in [6.45, 7) is 7.02. The highest BCUT2D eigenvalue weighted by molar-refractivity contribution is 6.06. The number of nitrogens with one attached hydrogen (secondary N) is 2. The highest BCUT2D eigenvalue weighted by atomic mass is 16.5. The lowest BCUT2D eigenvalue weighted by Gasteiger charge is -2.45. The van der Waals surface area contributed by atoms with Crippen LogP contribution in [-0.2, 0) is 47.4 Å². The van der Waals surface area contributed by atoms with Gasteiger partial charge in [0.1, 0.15) is 11.5 Å². The molecule has 15 heteroatoms. The Morgan fingerprint density at radius 1 is 1.07 bits per heavy atom. The minimum absolute atomic E-state index is 0.0527. The van der Waals surface area contributed by atoms with Crippen molar-refractivity contribution in [2.75, 3.05) is 54.5 Å². The molecule has 2 saturated heterocycles. The molecule has 3 N–H and O–H groups in total. The first-order valence-corrected chi connectivity index (χ1v) is 20.3. The van der Waals surface area contributed by atoms with E-state index < -0.39 is 12.5 Å². The van der Waals surface area contributed by atoms with Crippen LogP contribution in [0.1, 0.15) is 65.5 Å². The average Bonchev–Trinajstić information content (AvgIpc) is 3.78. The Balaban J connectivity index is 0.997. The number of ether oxygens (including phenoxy) is 1. The van der Waals surface area contributed by atoms with E-state index in [0.717, 1.165) is 69.8 Å². The molecule has 3 amide bonds. The fourth-order valence-electron chi connectivity index (χ4n) is 9.52. The summed E-state index contributed by atoms with van der Waals surface area (Å²) < 4.78 is 9.20. The minimum atomic E-state index is -0.549. The number of rotatable bonds is 10. The van der Waals surface area contributed by atoms with Crippen LogP contribution in [0.5, 0.6) is 0 Å². The molecule has 5 aliphatic rings. The van der Waals surface area contributed by atoms with E-state index in [1.54, 1.807) is 36.5 Å². The molecule has 1 saturated carbocycles. The van der Waals surface area contributed by atoms with Gasteiger partial charge in [-0.3, -0.25) is 34.3 Å². The second-order valence-electron chi connectivity index (χ2n) is 16.4. The third-order valence-corrected chi connectivity index (χ3v) is 12.7. The van der Waals surface area contributed by atoms with Crippen molar-refractivity contribution in [2.24, 2.45) is 12.5 Å². The number of aliphatic hydroxyl groups excluding tert-OH is 1. The molecule has 3 aliphatic heterocycles. The molecule has 2 aliphatic carbocycles. The summed E-state index contributed by atoms with van der Waals surface area (Å²) >= 11 is 0. The number of hydrogen-bond donors (Lipinski definition) is 3. The maximum absolute atomic E-state index is 14.0. The predicted octanol–water partition coefficient (Wildman–Crippen LogP) is 3.39. The van der Waals surface area contributed by atoms with Crippen LogP contribution < -0.4 is 26.0 Å². The Labute approximate surface area is 336 Å². The normalized spacial score (nSPS) is 20.4. The van der Waals surface area contributed by atoms with E-state index in [1.807, 2.05) is 18.2 Å². The molecule has 0 radical (unpaired) electrons. The molecular weight excluding hydrogens is 739 g/mol. The number of fused-ring (bicyclic) bond motifs is 3. The fraction of sp³-hybridized carbons (Fsp3) is 0.442. The van der Waals surface area contributed by atoms with Crippen LogP contribution >= 0.6 is 0 Å². The molecular formula is C43H49N9O6. The zero-order valence-electron chi connectivity index (χ0n) is 32.9. The van der Waals surface area contributed by atoms with Gasteiger partial charge in [0.05, 0.1) is 12.3 Å². The van der Waals surface area contributed by atoms with E-state index in [2.05, 4.69) is 43.0 Å². The first kappa shape index (κ1) is 37.9. The van der Waals surface area contributed by atoms with Gasteiger partial charge in [-0.05, 0) is 92.8 Å². The summed E-state index contributed by atoms with van der Waals surface area (Å²) in [6, 6.07) is 10.2. The molecule has 3 fully saturated rings. The molecule has 4 aromatic rings. The summed E-state index contributed by atoms with van der Waals surface area (Å²) in [6.07, 6.45) is 13.2. The Kier molecular flexibility index (Phi) is 9.98. The van der Waals surface area contributed by atoms with Crippen molar-refractivity contribution in [3.8, 4) is 11.3 Å². The number of aromatic nitrogens is 4. The van der Waals surface area contributed by atoms with Gasteiger partial charge in [0.2, 0.25) is 12.3 Å². The lowest BCUT2D eigenvalue weighted by Crippen LogP contribution is -2.56. The molecule has 9 rings (SSSR count). The number of aryl methyl sites for hydroxylation is 1. The number of carbonyl (C=O) groups excluding carboxylic acids is 3. The number of pyridine rings is 1. The Hall–Kier alpha value is -5.64. The summed E-state index contributed by atoms with van der Waals surface area (Å²) in [4.78, 5) is 66.8. The van der Waals surface area contributed by atoms with Crippen LogP contribution in [0.3, 0.4) is 0 Å². The van der Waals surface area contributed by atoms with Crippen molar-refractivity contribution in [1.82, 2.24) is 29.3 Å². The van der Waals surface area contributed by atoms with Crippen molar-refractivity contribution in [3.63, 3.8) is 0 Å². The van der Waals surface area contributed by atoms with Gasteiger partial charge in [-0.25, -0.2) is 9.97 Å². The SMILES string of the molecule is C[C@H]1CN(C2CCOCC2)CCN1c1ccc(Nc2nc(-c3ccnc(N4CCn5c(cc6c5CC5(CC5)C6)C4=O)c3CO)cn(C)c2=O)cc1C=CC(=O)NC=O. The number of aliphatic hydroxyl groups is 1. The Morgan fingerprint density at radius 2 is 1.90 bits per heavy atom. The lowest BCUT2D eigenvalue weighted by molar-refractivity contribution is -0.121. The van der Waals surface area contributed by atoms with Gasteiger partial charge in [0, 0.05) is 117 Å². The van der Waals surface area contributed by atoms with Gasteiger partial charge in [0.15, 0.2) is 5.82 Å². The fourth-order valence-corrected chi connectivity index (χ4v) is 9.52. The van der Waals surface area contributed by atoms with E-state index >= 15 is 0 Å². The van der Waals surface area contributed by atoms with Crippen LogP contribution in [0.25, 0.3) is 17.3 Å². The zero-order chi connectivity index (χ0) is 40.1. The molecule has 1 atom stereocenters. The maximum Gasteiger partial charge on any atom is 0.293 e. The van der Waals surface area contributed by atoms with Gasteiger partial charge < -0.3 is 29.2 Å². The van der Waals surface area contributed by atoms with E-state index in [9.17, 15) is 24.3 Å². The lowest BCUT2D eigenvalue weighted by atomic mass is 10.0. The summed E-state index contributed by atoms with van der Waals surface area (Å²) in [5.74, 6) is -0.272. The third-order valence-electron chi connectivity index (χ3n) is 12.7. The van der Waals surface area contributed by atoms with Crippen molar-refractivity contribution in [2.45, 2.75) is 70.7 Å². The number of imide groups is 1. The highest BCUT2D eigenvalue weighted by Gasteiger charge is 2.49. The van der Waals surface area contributed by atoms with Crippen LogP contribution in [0.15, 0.2) is 53.6 Å². The van der Waals surface area contributed by atoms with Crippen molar-refractivity contribution in [1.29, 1.82) is 0 Å². The molecule has 1 spiro atoms. The van der Waals surface area contributed by atoms with E-state index in [4.69, 9.17) is 9.72 Å². The van der Waals surface area contributed by atoms with Gasteiger partial charge >= 0.3 is 0 Å². The van der Waals surface area contributed by atoms with Gasteiger partial charge in [-0.2, -0.15) is 0 Å². The molecule has 0 bridgehead atoms. The van der Waals surface area contributed by atoms with E-state index in [0.29, 0.717) is 65.0 Å². The van der Waals surface area contributed by atoms with Crippen molar-refractivity contribution in [3.05, 3.63) is 87.2 Å². The standard InChI is InChI=1S/C43H49N9O6/c1-27-23-49(31-8-17-58-18-9-31)13-14-50(27)35-5-4-30(19-28(35)3-6-38(55)45-26-54)46-39-42(57)48(2)24-34(47-39)32-7-12-44-40(33(32)25-53)52-16-15-51-36(41(52)56)20-29-21-43(10-11-43)22-37(29)51/h3-7,12,19-20,24,26-27,31,53H,8-11,13-18,21-23,25H2,1-2H3,(H,46,47)(H,45,54,55)/t27-/m0/s1. The molecule has 302 valence electrons. The smallest absolute Gasteiger partial charge is 0.293 e. The van der Waals surface area contributed by atoms with Gasteiger partial charge in [-0.15, -0.1) is 0 Å². The molecule has 0 unspecified atom stereocenters. The molecule has 58 heavy (non-hydrogen) atoms. The number of hydrogen-bond acceptors (Lipinski definition) is 11. The predicted molar refractivity (Wildman–Crippen MR) is 219 cm³/mol. The monoisotopic (exact) mass is 787 g/mol. The first-order valence-electron chi connectivity index (χ1n) is 20.3. The summed E-state index contributed by atoms with van der Waals surface area (Å²) in [5.41, 5.74) is 6.88. The number of carbonyl (C=O) groups is 3. The molecule has 3 aromatic heterocycles. The van der Waals surface area contributed by atoms with Crippen molar-refractivity contribution >= 4 is 47.3 Å². The Bertz CT molecular complexity index is 2380. The Morgan fingerprint density at radius 3 is 2.66 bits per heavy atom. The minimum Gasteiger partial charge on any atom is -0.392 e. The second kappa shape index (κ2) is 15.3. The average molecular weight is 788 g/mol. The topological polar surface area (TPSA) is 167 Å². The van der Waals surface area contributed by atoms with Crippen LogP contribution in [0.4, 0.5) is 23.0 Å². The molecule has 15 nitrogen and oxygen atoms in total. The third kappa shape index (κ3) is 7.00. The quantitative estimate of drug-likeness (QED) is 0.159. The molecule has 6 heterocycles. The van der Waals surface area contributed by atoms with Gasteiger partial charge in [0.25, 0.3) is 11.5 Å². The number of nitrogens with zero attached hydrogens (tertiary/aromatic N) is 7. The van der Waals surface area contributed by atoms with Crippen LogP contribution in [0.2, 0.25) is 0 Å². The number of benzene rings is 1. The summed E-state index contributed by atoms with van der Waals surface area (Å²) in [5, 5.41) is 16.2. The number of piperazine rings is 1. The van der Waals surface area contributed by atoms with E-state index in [-0.39, 0.29) is 23.3 Å². The first-order chi connectivity index (χ1) is 28.1. The largest absolute Gasteiger partial charge is 0.392 e. The maximum atomic E-state index is 14.0. The molecule has 1 aromatic carbocycles. The van der Waals surface area contributed by atoms with Crippen LogP contribution in [-0.4, -0.2) is 98.8 Å². The number of anilines is 4. The van der Waals surface area contributed by atoms with Gasteiger partial charge in [-0.1, -0.05) is 0 Å². The van der Waals surface area contributed by atoms with E-state index in [1.165, 1.54) is 34.7 Å². The zero-order valence-corrected chi connectivity index (χ0v) is 32.9.